The molecule has 1 saturated carbocycles. The van der Waals surface area contributed by atoms with E-state index in [9.17, 15) is 14.4 Å². The molecule has 3 amide bonds. The third kappa shape index (κ3) is 3.99. The van der Waals surface area contributed by atoms with E-state index in [2.05, 4.69) is 10.4 Å². The monoisotopic (exact) mass is 373 g/mol. The van der Waals surface area contributed by atoms with Gasteiger partial charge in [0.2, 0.25) is 17.7 Å². The summed E-state index contributed by atoms with van der Waals surface area (Å²) >= 11 is 0. The Morgan fingerprint density at radius 3 is 2.74 bits per heavy atom. The standard InChI is InChI=1S/C19H27N5O3/c25-17(13-22-7-2-1-6-18(22)26)20-11-15-10-16-12-23(8-9-24(16)21-15)19(27)14-4-3-5-14/h10,14H,1-9,11-13H2,(H,20,25). The van der Waals surface area contributed by atoms with Crippen LogP contribution in [-0.4, -0.2) is 56.9 Å². The zero-order valence-electron chi connectivity index (χ0n) is 15.7. The van der Waals surface area contributed by atoms with Crippen molar-refractivity contribution in [1.82, 2.24) is 24.9 Å². The molecule has 2 aliphatic heterocycles. The number of amides is 3. The van der Waals surface area contributed by atoms with Gasteiger partial charge in [-0.3, -0.25) is 19.1 Å². The number of nitrogens with one attached hydrogen (secondary N) is 1. The van der Waals surface area contributed by atoms with Crippen LogP contribution >= 0.6 is 0 Å². The first-order valence-electron chi connectivity index (χ1n) is 9.99. The number of hydrogen-bond donors (Lipinski definition) is 1. The van der Waals surface area contributed by atoms with Crippen LogP contribution in [0.25, 0.3) is 0 Å². The summed E-state index contributed by atoms with van der Waals surface area (Å²) < 4.78 is 1.93. The second kappa shape index (κ2) is 7.70. The maximum atomic E-state index is 12.4. The molecule has 4 rings (SSSR count). The summed E-state index contributed by atoms with van der Waals surface area (Å²) in [7, 11) is 0. The fraction of sp³-hybridized carbons (Fsp3) is 0.684. The van der Waals surface area contributed by atoms with E-state index >= 15 is 0 Å². The van der Waals surface area contributed by atoms with E-state index < -0.39 is 0 Å². The molecular formula is C19H27N5O3. The first-order chi connectivity index (χ1) is 13.1. The highest BCUT2D eigenvalue weighted by molar-refractivity contribution is 5.85. The highest BCUT2D eigenvalue weighted by atomic mass is 16.2. The van der Waals surface area contributed by atoms with Crippen molar-refractivity contribution in [1.29, 1.82) is 0 Å². The van der Waals surface area contributed by atoms with Gasteiger partial charge in [-0.05, 0) is 31.7 Å². The Hall–Kier alpha value is -2.38. The van der Waals surface area contributed by atoms with E-state index in [0.29, 0.717) is 39.1 Å². The molecule has 0 aromatic carbocycles. The second-order valence-corrected chi connectivity index (χ2v) is 7.79. The van der Waals surface area contributed by atoms with Crippen molar-refractivity contribution in [2.75, 3.05) is 19.6 Å². The molecule has 0 bridgehead atoms. The van der Waals surface area contributed by atoms with Gasteiger partial charge in [-0.25, -0.2) is 0 Å². The minimum Gasteiger partial charge on any atom is -0.349 e. The van der Waals surface area contributed by atoms with Crippen molar-refractivity contribution in [3.8, 4) is 0 Å². The molecule has 8 heteroatoms. The molecule has 1 aromatic heterocycles. The quantitative estimate of drug-likeness (QED) is 0.821. The van der Waals surface area contributed by atoms with Gasteiger partial charge >= 0.3 is 0 Å². The second-order valence-electron chi connectivity index (χ2n) is 7.79. The summed E-state index contributed by atoms with van der Waals surface area (Å²) in [5.41, 5.74) is 1.81. The lowest BCUT2D eigenvalue weighted by Crippen LogP contribution is -2.43. The fourth-order valence-electron chi connectivity index (χ4n) is 3.96. The third-order valence-electron chi connectivity index (χ3n) is 5.84. The number of carbonyl (C=O) groups is 3. The van der Waals surface area contributed by atoms with Crippen LogP contribution in [0.2, 0.25) is 0 Å². The van der Waals surface area contributed by atoms with Gasteiger partial charge in [-0.15, -0.1) is 0 Å². The number of nitrogens with zero attached hydrogens (tertiary/aromatic N) is 4. The molecule has 0 atom stereocenters. The van der Waals surface area contributed by atoms with Gasteiger partial charge < -0.3 is 15.1 Å². The van der Waals surface area contributed by atoms with Crippen molar-refractivity contribution in [3.05, 3.63) is 17.5 Å². The summed E-state index contributed by atoms with van der Waals surface area (Å²) in [5, 5.41) is 7.40. The normalized spacial score (nSPS) is 20.2. The van der Waals surface area contributed by atoms with Crippen molar-refractivity contribution >= 4 is 17.7 Å². The number of hydrogen-bond acceptors (Lipinski definition) is 4. The van der Waals surface area contributed by atoms with Crippen LogP contribution in [0.1, 0.15) is 49.9 Å². The Labute approximate surface area is 158 Å². The van der Waals surface area contributed by atoms with Crippen molar-refractivity contribution in [3.63, 3.8) is 0 Å². The Kier molecular flexibility index (Phi) is 5.13. The topological polar surface area (TPSA) is 87.5 Å². The number of piperidine rings is 1. The molecular weight excluding hydrogens is 346 g/mol. The molecule has 3 aliphatic rings. The van der Waals surface area contributed by atoms with E-state index in [1.54, 1.807) is 4.90 Å². The number of fused-ring (bicyclic) bond motifs is 1. The highest BCUT2D eigenvalue weighted by Crippen LogP contribution is 2.29. The van der Waals surface area contributed by atoms with Crippen LogP contribution in [0, 0.1) is 5.92 Å². The number of rotatable bonds is 5. The number of likely N-dealkylation sites (tertiary alicyclic amines) is 1. The largest absolute Gasteiger partial charge is 0.349 e. The first-order valence-corrected chi connectivity index (χ1v) is 9.99. The first kappa shape index (κ1) is 18.0. The summed E-state index contributed by atoms with van der Waals surface area (Å²) in [6, 6.07) is 1.96. The van der Waals surface area contributed by atoms with E-state index in [1.807, 2.05) is 15.6 Å². The Morgan fingerprint density at radius 2 is 2.00 bits per heavy atom. The Balaban J connectivity index is 1.28. The molecule has 0 radical (unpaired) electrons. The van der Waals surface area contributed by atoms with Gasteiger partial charge in [0.05, 0.1) is 37.6 Å². The minimum atomic E-state index is -0.155. The lowest BCUT2D eigenvalue weighted by atomic mass is 9.84. The van der Waals surface area contributed by atoms with E-state index in [4.69, 9.17) is 0 Å². The molecule has 146 valence electrons. The van der Waals surface area contributed by atoms with Crippen LogP contribution in [0.3, 0.4) is 0 Å². The van der Waals surface area contributed by atoms with Crippen LogP contribution in [0.15, 0.2) is 6.07 Å². The molecule has 3 heterocycles. The van der Waals surface area contributed by atoms with Crippen molar-refractivity contribution < 1.29 is 14.4 Å². The van der Waals surface area contributed by atoms with E-state index in [0.717, 1.165) is 43.5 Å². The zero-order chi connectivity index (χ0) is 18.8. The molecule has 1 aliphatic carbocycles. The molecule has 2 fully saturated rings. The van der Waals surface area contributed by atoms with E-state index in [1.165, 1.54) is 0 Å². The number of carbonyl (C=O) groups excluding carboxylic acids is 3. The molecule has 8 nitrogen and oxygen atoms in total. The van der Waals surface area contributed by atoms with Crippen LogP contribution in [-0.2, 0) is 34.0 Å². The van der Waals surface area contributed by atoms with Gasteiger partial charge in [0.15, 0.2) is 0 Å². The minimum absolute atomic E-state index is 0.0603. The van der Waals surface area contributed by atoms with Gasteiger partial charge in [0.1, 0.15) is 0 Å². The van der Waals surface area contributed by atoms with E-state index in [-0.39, 0.29) is 30.2 Å². The Bertz CT molecular complexity index is 740. The smallest absolute Gasteiger partial charge is 0.239 e. The predicted molar refractivity (Wildman–Crippen MR) is 97.3 cm³/mol. The number of aromatic nitrogens is 2. The van der Waals surface area contributed by atoms with Crippen LogP contribution < -0.4 is 5.32 Å². The van der Waals surface area contributed by atoms with Gasteiger partial charge in [-0.1, -0.05) is 6.42 Å². The van der Waals surface area contributed by atoms with Crippen molar-refractivity contribution in [2.45, 2.75) is 58.2 Å². The van der Waals surface area contributed by atoms with Gasteiger partial charge in [0, 0.05) is 25.4 Å². The molecule has 0 spiro atoms. The average Bonchev–Trinajstić information content (AvgIpc) is 3.02. The molecule has 0 unspecified atom stereocenters. The third-order valence-corrected chi connectivity index (χ3v) is 5.84. The maximum Gasteiger partial charge on any atom is 0.239 e. The predicted octanol–water partition coefficient (Wildman–Crippen LogP) is 0.654. The highest BCUT2D eigenvalue weighted by Gasteiger charge is 2.31. The summed E-state index contributed by atoms with van der Waals surface area (Å²) in [6.07, 6.45) is 5.61. The van der Waals surface area contributed by atoms with Gasteiger partial charge in [-0.2, -0.15) is 5.10 Å². The average molecular weight is 373 g/mol. The summed E-state index contributed by atoms with van der Waals surface area (Å²) in [4.78, 5) is 39.9. The summed E-state index contributed by atoms with van der Waals surface area (Å²) in [6.45, 7) is 3.12. The molecule has 1 saturated heterocycles. The maximum absolute atomic E-state index is 12.4. The molecule has 1 aromatic rings. The van der Waals surface area contributed by atoms with Crippen LogP contribution in [0.5, 0.6) is 0 Å². The SMILES string of the molecule is O=C(CN1CCCCC1=O)NCc1cc2n(n1)CCN(C(=O)C1CCC1)C2. The lowest BCUT2D eigenvalue weighted by molar-refractivity contribution is -0.139. The van der Waals surface area contributed by atoms with Crippen LogP contribution in [0.4, 0.5) is 0 Å². The molecule has 27 heavy (non-hydrogen) atoms. The summed E-state index contributed by atoms with van der Waals surface area (Å²) in [5.74, 6) is 0.397. The fourth-order valence-corrected chi connectivity index (χ4v) is 3.96. The van der Waals surface area contributed by atoms with Crippen molar-refractivity contribution in [2.24, 2.45) is 5.92 Å². The molecule has 1 N–H and O–H groups in total. The Morgan fingerprint density at radius 1 is 1.15 bits per heavy atom. The zero-order valence-corrected chi connectivity index (χ0v) is 15.7. The lowest BCUT2D eigenvalue weighted by Gasteiger charge is -2.34. The van der Waals surface area contributed by atoms with Gasteiger partial charge in [0.25, 0.3) is 0 Å².